The van der Waals surface area contributed by atoms with Crippen LogP contribution >= 0.6 is 11.6 Å². The minimum absolute atomic E-state index is 0.102. The molecule has 0 spiro atoms. The Bertz CT molecular complexity index is 937. The maximum absolute atomic E-state index is 12.9. The first-order valence-corrected chi connectivity index (χ1v) is 10.6. The molecule has 1 amide bonds. The number of aryl methyl sites for hydroxylation is 2. The van der Waals surface area contributed by atoms with Crippen molar-refractivity contribution in [3.63, 3.8) is 0 Å². The third-order valence-corrected chi connectivity index (χ3v) is 5.73. The van der Waals surface area contributed by atoms with Crippen molar-refractivity contribution in [3.05, 3.63) is 57.9 Å². The van der Waals surface area contributed by atoms with Gasteiger partial charge in [0.25, 0.3) is 0 Å². The van der Waals surface area contributed by atoms with E-state index in [1.807, 2.05) is 6.92 Å². The Kier molecular flexibility index (Phi) is 7.67. The summed E-state index contributed by atoms with van der Waals surface area (Å²) in [4.78, 5) is 14.7. The van der Waals surface area contributed by atoms with E-state index >= 15 is 0 Å². The van der Waals surface area contributed by atoms with Gasteiger partial charge in [-0.15, -0.1) is 0 Å². The predicted molar refractivity (Wildman–Crippen MR) is 117 cm³/mol. The summed E-state index contributed by atoms with van der Waals surface area (Å²) >= 11 is 6.57. The van der Waals surface area contributed by atoms with Gasteiger partial charge in [-0.2, -0.15) is 10.4 Å². The molecule has 1 saturated heterocycles. The maximum atomic E-state index is 12.9. The van der Waals surface area contributed by atoms with Crippen LogP contribution in [0.25, 0.3) is 6.08 Å². The number of carbonyl (C=O) groups is 1. The molecule has 0 bridgehead atoms. The number of nitrogens with zero attached hydrogens (tertiary/aromatic N) is 4. The van der Waals surface area contributed by atoms with Gasteiger partial charge in [0.2, 0.25) is 5.91 Å². The predicted octanol–water partition coefficient (Wildman–Crippen LogP) is 4.14. The monoisotopic (exact) mass is 426 g/mol. The van der Waals surface area contributed by atoms with E-state index in [0.717, 1.165) is 29.7 Å². The molecule has 2 aromatic rings. The third kappa shape index (κ3) is 5.50. The molecule has 0 aliphatic carbocycles. The molecule has 0 atom stereocenters. The van der Waals surface area contributed by atoms with Gasteiger partial charge in [-0.3, -0.25) is 4.79 Å². The van der Waals surface area contributed by atoms with E-state index in [4.69, 9.17) is 21.6 Å². The van der Waals surface area contributed by atoms with Crippen LogP contribution in [-0.2, 0) is 16.1 Å². The standard InChI is InChI=1S/C23H27ClN4O2/c1-17-4-6-19(7-5-17)16-28-23(24)21(18(2)26-28)8-9-22(29)27(13-3-12-25)20-10-14-30-15-11-20/h4-9,20H,3,10-11,13-16H2,1-2H3/b9-8+. The van der Waals surface area contributed by atoms with Gasteiger partial charge in [-0.1, -0.05) is 41.4 Å². The minimum atomic E-state index is -0.112. The largest absolute Gasteiger partial charge is 0.381 e. The molecular formula is C23H27ClN4O2. The zero-order valence-electron chi connectivity index (χ0n) is 17.5. The van der Waals surface area contributed by atoms with Crippen LogP contribution < -0.4 is 0 Å². The summed E-state index contributed by atoms with van der Waals surface area (Å²) < 4.78 is 7.15. The van der Waals surface area contributed by atoms with Crippen LogP contribution in [0.2, 0.25) is 5.15 Å². The van der Waals surface area contributed by atoms with Crippen molar-refractivity contribution in [1.29, 1.82) is 5.26 Å². The number of hydrogen-bond acceptors (Lipinski definition) is 4. The highest BCUT2D eigenvalue weighted by Gasteiger charge is 2.24. The third-order valence-electron chi connectivity index (χ3n) is 5.33. The fourth-order valence-electron chi connectivity index (χ4n) is 3.62. The first kappa shape index (κ1) is 22.1. The second-order valence-corrected chi connectivity index (χ2v) is 7.91. The highest BCUT2D eigenvalue weighted by molar-refractivity contribution is 6.31. The summed E-state index contributed by atoms with van der Waals surface area (Å²) in [6.07, 6.45) is 5.17. The highest BCUT2D eigenvalue weighted by Crippen LogP contribution is 2.23. The van der Waals surface area contributed by atoms with Gasteiger partial charge >= 0.3 is 0 Å². The Hall–Kier alpha value is -2.62. The van der Waals surface area contributed by atoms with E-state index in [9.17, 15) is 4.79 Å². The molecule has 0 radical (unpaired) electrons. The number of rotatable bonds is 7. The lowest BCUT2D eigenvalue weighted by molar-refractivity contribution is -0.130. The van der Waals surface area contributed by atoms with E-state index in [-0.39, 0.29) is 11.9 Å². The number of amides is 1. The molecule has 30 heavy (non-hydrogen) atoms. The van der Waals surface area contributed by atoms with Crippen molar-refractivity contribution in [2.24, 2.45) is 0 Å². The molecule has 6 nitrogen and oxygen atoms in total. The molecule has 0 unspecified atom stereocenters. The Morgan fingerprint density at radius 1 is 1.33 bits per heavy atom. The number of ether oxygens (including phenoxy) is 1. The molecule has 1 aliphatic heterocycles. The van der Waals surface area contributed by atoms with Gasteiger partial charge in [-0.25, -0.2) is 4.68 Å². The number of halogens is 1. The Labute approximate surface area is 182 Å². The van der Waals surface area contributed by atoms with Crippen LogP contribution in [0.1, 0.15) is 41.6 Å². The van der Waals surface area contributed by atoms with Crippen molar-refractivity contribution < 1.29 is 9.53 Å². The quantitative estimate of drug-likeness (QED) is 0.624. The van der Waals surface area contributed by atoms with Gasteiger partial charge in [0, 0.05) is 37.4 Å². The lowest BCUT2D eigenvalue weighted by Crippen LogP contribution is -2.43. The zero-order chi connectivity index (χ0) is 21.5. The average Bonchev–Trinajstić information content (AvgIpc) is 3.01. The molecule has 2 heterocycles. The molecule has 1 fully saturated rings. The van der Waals surface area contributed by atoms with Crippen LogP contribution in [0.3, 0.4) is 0 Å². The van der Waals surface area contributed by atoms with E-state index in [1.54, 1.807) is 21.7 Å². The molecule has 3 rings (SSSR count). The second-order valence-electron chi connectivity index (χ2n) is 7.55. The van der Waals surface area contributed by atoms with Crippen LogP contribution in [0, 0.1) is 25.2 Å². The van der Waals surface area contributed by atoms with Crippen molar-refractivity contribution in [1.82, 2.24) is 14.7 Å². The van der Waals surface area contributed by atoms with Gasteiger partial charge < -0.3 is 9.64 Å². The summed E-state index contributed by atoms with van der Waals surface area (Å²) in [5.41, 5.74) is 3.82. The van der Waals surface area contributed by atoms with Gasteiger partial charge in [-0.05, 0) is 38.3 Å². The molecule has 0 N–H and O–H groups in total. The Morgan fingerprint density at radius 3 is 2.70 bits per heavy atom. The summed E-state index contributed by atoms with van der Waals surface area (Å²) in [5, 5.41) is 14.0. The SMILES string of the molecule is Cc1ccc(Cn2nc(C)c(/C=C/C(=O)N(CCC#N)C3CCOCC3)c2Cl)cc1. The number of hydrogen-bond donors (Lipinski definition) is 0. The van der Waals surface area contributed by atoms with Crippen molar-refractivity contribution in [2.45, 2.75) is 45.7 Å². The second kappa shape index (κ2) is 10.4. The highest BCUT2D eigenvalue weighted by atomic mass is 35.5. The van der Waals surface area contributed by atoms with Crippen molar-refractivity contribution in [3.8, 4) is 6.07 Å². The molecule has 158 valence electrons. The molecular weight excluding hydrogens is 400 g/mol. The Balaban J connectivity index is 1.75. The average molecular weight is 427 g/mol. The topological polar surface area (TPSA) is 71.2 Å². The molecule has 0 saturated carbocycles. The van der Waals surface area contributed by atoms with Crippen LogP contribution in [0.15, 0.2) is 30.3 Å². The fraction of sp³-hybridized carbons (Fsp3) is 0.435. The fourth-order valence-corrected chi connectivity index (χ4v) is 3.92. The minimum Gasteiger partial charge on any atom is -0.381 e. The number of aromatic nitrogens is 2. The number of nitriles is 1. The van der Waals surface area contributed by atoms with E-state index < -0.39 is 0 Å². The molecule has 1 aromatic carbocycles. The first-order valence-electron chi connectivity index (χ1n) is 10.2. The van der Waals surface area contributed by atoms with Gasteiger partial charge in [0.1, 0.15) is 5.15 Å². The van der Waals surface area contributed by atoms with Crippen LogP contribution in [0.4, 0.5) is 0 Å². The number of benzene rings is 1. The maximum Gasteiger partial charge on any atom is 0.246 e. The lowest BCUT2D eigenvalue weighted by Gasteiger charge is -2.33. The summed E-state index contributed by atoms with van der Waals surface area (Å²) in [7, 11) is 0. The Morgan fingerprint density at radius 2 is 2.03 bits per heavy atom. The molecule has 1 aromatic heterocycles. The normalized spacial score (nSPS) is 14.7. The van der Waals surface area contributed by atoms with E-state index in [1.165, 1.54) is 5.56 Å². The van der Waals surface area contributed by atoms with Gasteiger partial charge in [0.05, 0.1) is 24.7 Å². The summed E-state index contributed by atoms with van der Waals surface area (Å²) in [5.74, 6) is -0.112. The molecule has 7 heteroatoms. The van der Waals surface area contributed by atoms with Crippen LogP contribution in [-0.4, -0.2) is 46.4 Å². The summed E-state index contributed by atoms with van der Waals surface area (Å²) in [6, 6.07) is 10.5. The summed E-state index contributed by atoms with van der Waals surface area (Å²) in [6.45, 7) is 6.20. The van der Waals surface area contributed by atoms with Gasteiger partial charge in [0.15, 0.2) is 0 Å². The number of carbonyl (C=O) groups excluding carboxylic acids is 1. The van der Waals surface area contributed by atoms with E-state index in [2.05, 4.69) is 42.4 Å². The lowest BCUT2D eigenvalue weighted by atomic mass is 10.1. The van der Waals surface area contributed by atoms with Crippen LogP contribution in [0.5, 0.6) is 0 Å². The first-order chi connectivity index (χ1) is 14.5. The van der Waals surface area contributed by atoms with E-state index in [0.29, 0.717) is 37.9 Å². The van der Waals surface area contributed by atoms with Crippen molar-refractivity contribution in [2.75, 3.05) is 19.8 Å². The smallest absolute Gasteiger partial charge is 0.246 e. The molecule has 1 aliphatic rings. The zero-order valence-corrected chi connectivity index (χ0v) is 18.2. The van der Waals surface area contributed by atoms with Crippen molar-refractivity contribution >= 4 is 23.6 Å².